The van der Waals surface area contributed by atoms with E-state index in [9.17, 15) is 9.36 Å². The molecule has 0 bridgehead atoms. The second-order valence-corrected chi connectivity index (χ2v) is 12.2. The molecule has 0 unspecified atom stereocenters. The molecule has 2 aromatic carbocycles. The van der Waals surface area contributed by atoms with Crippen LogP contribution in [0, 0.1) is 0 Å². The fraction of sp³-hybridized carbons (Fsp3) is 0.240. The van der Waals surface area contributed by atoms with Gasteiger partial charge in [0.1, 0.15) is 29.8 Å². The van der Waals surface area contributed by atoms with Crippen LogP contribution in [0.2, 0.25) is 5.02 Å². The predicted molar refractivity (Wildman–Crippen MR) is 148 cm³/mol. The number of ether oxygens (including phenoxy) is 2. The van der Waals surface area contributed by atoms with E-state index >= 15 is 0 Å². The summed E-state index contributed by atoms with van der Waals surface area (Å²) in [5, 5.41) is 13.2. The Balaban J connectivity index is 1.66. The number of nitrogens with zero attached hydrogens (tertiary/aromatic N) is 2. The molecule has 0 spiro atoms. The van der Waals surface area contributed by atoms with Gasteiger partial charge in [0.2, 0.25) is 11.9 Å². The van der Waals surface area contributed by atoms with Crippen LogP contribution in [0.5, 0.6) is 11.5 Å². The van der Waals surface area contributed by atoms with Crippen LogP contribution in [-0.2, 0) is 9.36 Å². The summed E-state index contributed by atoms with van der Waals surface area (Å²) < 4.78 is 24.3. The van der Waals surface area contributed by atoms with Crippen LogP contribution >= 0.6 is 18.7 Å². The van der Waals surface area contributed by atoms with Crippen molar-refractivity contribution >= 4 is 58.8 Å². The first kappa shape index (κ1) is 26.5. The minimum Gasteiger partial charge on any atom is -0.494 e. The van der Waals surface area contributed by atoms with Gasteiger partial charge in [-0.2, -0.15) is 4.98 Å². The monoisotopic (exact) mass is 542 g/mol. The zero-order valence-corrected chi connectivity index (χ0v) is 22.3. The van der Waals surface area contributed by atoms with E-state index in [0.29, 0.717) is 52.8 Å². The molecular formula is C25H28ClN6O4P. The van der Waals surface area contributed by atoms with Crippen LogP contribution in [-0.4, -0.2) is 55.5 Å². The Hall–Kier alpha value is -3.59. The van der Waals surface area contributed by atoms with Crippen molar-refractivity contribution in [2.75, 3.05) is 49.5 Å². The second-order valence-electron chi connectivity index (χ2n) is 8.65. The van der Waals surface area contributed by atoms with E-state index in [1.807, 2.05) is 24.3 Å². The number of aromatic nitrogens is 2. The van der Waals surface area contributed by atoms with Gasteiger partial charge in [0.25, 0.3) is 0 Å². The molecule has 1 fully saturated rings. The maximum atomic E-state index is 12.8. The van der Waals surface area contributed by atoms with E-state index in [4.69, 9.17) is 21.1 Å². The third kappa shape index (κ3) is 6.40. The predicted octanol–water partition coefficient (Wildman–Crippen LogP) is 4.35. The number of rotatable bonds is 10. The van der Waals surface area contributed by atoms with Crippen molar-refractivity contribution in [3.05, 3.63) is 60.3 Å². The molecule has 37 heavy (non-hydrogen) atoms. The fourth-order valence-corrected chi connectivity index (χ4v) is 4.84. The first-order valence-corrected chi connectivity index (χ1v) is 14.4. The van der Waals surface area contributed by atoms with E-state index in [2.05, 4.69) is 37.8 Å². The SMILES string of the molecule is C=CC(=O)Nc1cc(Nc2ncc(Cl)c(Nc3ccccc3P(C)(C)=O)n2)c(OC)cc1OC1CNC1. The van der Waals surface area contributed by atoms with Crippen LogP contribution in [0.25, 0.3) is 0 Å². The molecule has 4 N–H and O–H groups in total. The molecule has 0 saturated carbocycles. The number of benzene rings is 2. The van der Waals surface area contributed by atoms with Crippen molar-refractivity contribution in [3.8, 4) is 11.5 Å². The van der Waals surface area contributed by atoms with Crippen LogP contribution in [0.3, 0.4) is 0 Å². The maximum absolute atomic E-state index is 12.8. The van der Waals surface area contributed by atoms with Gasteiger partial charge in [-0.15, -0.1) is 0 Å². The van der Waals surface area contributed by atoms with Gasteiger partial charge in [0.15, 0.2) is 5.82 Å². The number of hydrogen-bond acceptors (Lipinski definition) is 9. The zero-order chi connectivity index (χ0) is 26.6. The van der Waals surface area contributed by atoms with Crippen LogP contribution in [0.1, 0.15) is 0 Å². The summed E-state index contributed by atoms with van der Waals surface area (Å²) in [5.41, 5.74) is 1.56. The first-order chi connectivity index (χ1) is 17.7. The molecule has 1 aromatic heterocycles. The Morgan fingerprint density at radius 1 is 1.16 bits per heavy atom. The quantitative estimate of drug-likeness (QED) is 0.218. The number of para-hydroxylation sites is 1. The summed E-state index contributed by atoms with van der Waals surface area (Å²) in [6.07, 6.45) is 2.61. The molecule has 12 heteroatoms. The lowest BCUT2D eigenvalue weighted by atomic mass is 10.2. The number of nitrogens with one attached hydrogen (secondary N) is 4. The maximum Gasteiger partial charge on any atom is 0.247 e. The molecule has 0 aliphatic carbocycles. The van der Waals surface area contributed by atoms with Crippen LogP contribution in [0.4, 0.5) is 28.8 Å². The number of carbonyl (C=O) groups is 1. The smallest absolute Gasteiger partial charge is 0.247 e. The summed E-state index contributed by atoms with van der Waals surface area (Å²) in [6, 6.07) is 10.7. The molecule has 3 aromatic rings. The average molecular weight is 543 g/mol. The van der Waals surface area contributed by atoms with Gasteiger partial charge in [-0.25, -0.2) is 4.98 Å². The van der Waals surface area contributed by atoms with Gasteiger partial charge in [0.05, 0.1) is 30.4 Å². The lowest BCUT2D eigenvalue weighted by Crippen LogP contribution is -2.50. The molecular weight excluding hydrogens is 515 g/mol. The standard InChI is InChI=1S/C25H28ClN6O4P/c1-5-23(33)29-19-10-18(20(35-2)11-21(19)36-15-12-27-13-15)31-25-28-14-16(26)24(32-25)30-17-8-6-7-9-22(17)37(3,4)34/h5-11,14-15,27H,1,12-13H2,2-4H3,(H,29,33)(H2,28,30,31,32). The van der Waals surface area contributed by atoms with Crippen molar-refractivity contribution in [1.29, 1.82) is 0 Å². The summed E-state index contributed by atoms with van der Waals surface area (Å²) in [4.78, 5) is 20.8. The summed E-state index contributed by atoms with van der Waals surface area (Å²) in [5.74, 6) is 1.08. The normalized spacial score (nSPS) is 13.3. The Kier molecular flexibility index (Phi) is 8.02. The summed E-state index contributed by atoms with van der Waals surface area (Å²) in [6.45, 7) is 8.33. The highest BCUT2D eigenvalue weighted by molar-refractivity contribution is 7.70. The molecule has 10 nitrogen and oxygen atoms in total. The molecule has 194 valence electrons. The fourth-order valence-electron chi connectivity index (χ4n) is 3.54. The molecule has 1 aliphatic rings. The molecule has 4 rings (SSSR count). The van der Waals surface area contributed by atoms with Crippen LogP contribution < -0.4 is 36.0 Å². The molecule has 1 aliphatic heterocycles. The van der Waals surface area contributed by atoms with E-state index in [1.165, 1.54) is 19.4 Å². The van der Waals surface area contributed by atoms with Gasteiger partial charge in [-0.3, -0.25) is 4.79 Å². The Labute approximate surface area is 220 Å². The Morgan fingerprint density at radius 2 is 1.92 bits per heavy atom. The minimum absolute atomic E-state index is 0.0134. The van der Waals surface area contributed by atoms with E-state index < -0.39 is 7.14 Å². The van der Waals surface area contributed by atoms with E-state index in [1.54, 1.807) is 25.5 Å². The first-order valence-electron chi connectivity index (χ1n) is 11.4. The van der Waals surface area contributed by atoms with E-state index in [-0.39, 0.29) is 23.0 Å². The van der Waals surface area contributed by atoms with Crippen molar-refractivity contribution in [3.63, 3.8) is 0 Å². The Morgan fingerprint density at radius 3 is 2.57 bits per heavy atom. The number of hydrogen-bond donors (Lipinski definition) is 4. The van der Waals surface area contributed by atoms with Gasteiger partial charge in [0, 0.05) is 24.5 Å². The molecule has 2 heterocycles. The lowest BCUT2D eigenvalue weighted by molar-refractivity contribution is -0.111. The molecule has 1 saturated heterocycles. The second kappa shape index (κ2) is 11.2. The van der Waals surface area contributed by atoms with Crippen molar-refractivity contribution < 1.29 is 18.8 Å². The van der Waals surface area contributed by atoms with E-state index in [0.717, 1.165) is 0 Å². The topological polar surface area (TPSA) is 127 Å². The van der Waals surface area contributed by atoms with Gasteiger partial charge in [-0.05, 0) is 37.6 Å². The van der Waals surface area contributed by atoms with Crippen molar-refractivity contribution in [1.82, 2.24) is 15.3 Å². The molecule has 0 radical (unpaired) electrons. The summed E-state index contributed by atoms with van der Waals surface area (Å²) in [7, 11) is -1.03. The third-order valence-electron chi connectivity index (χ3n) is 5.51. The number of methoxy groups -OCH3 is 1. The third-order valence-corrected chi connectivity index (χ3v) is 7.34. The molecule has 0 atom stereocenters. The largest absolute Gasteiger partial charge is 0.494 e. The minimum atomic E-state index is -2.56. The number of halogens is 1. The lowest BCUT2D eigenvalue weighted by Gasteiger charge is -2.29. The zero-order valence-electron chi connectivity index (χ0n) is 20.7. The van der Waals surface area contributed by atoms with Gasteiger partial charge >= 0.3 is 0 Å². The highest BCUT2D eigenvalue weighted by atomic mass is 35.5. The van der Waals surface area contributed by atoms with Crippen molar-refractivity contribution in [2.24, 2.45) is 0 Å². The number of carbonyl (C=O) groups excluding carboxylic acids is 1. The summed E-state index contributed by atoms with van der Waals surface area (Å²) >= 11 is 6.37. The number of amides is 1. The Bertz CT molecular complexity index is 1380. The van der Waals surface area contributed by atoms with Crippen LogP contribution in [0.15, 0.2) is 55.3 Å². The highest BCUT2D eigenvalue weighted by Crippen LogP contribution is 2.40. The van der Waals surface area contributed by atoms with Crippen molar-refractivity contribution in [2.45, 2.75) is 6.10 Å². The van der Waals surface area contributed by atoms with Gasteiger partial charge in [-0.1, -0.05) is 30.3 Å². The highest BCUT2D eigenvalue weighted by Gasteiger charge is 2.22. The number of anilines is 5. The average Bonchev–Trinajstić information content (AvgIpc) is 2.84. The van der Waals surface area contributed by atoms with Gasteiger partial charge < -0.3 is 35.3 Å². The molecule has 1 amide bonds.